The molecule has 0 heterocycles. The predicted octanol–water partition coefficient (Wildman–Crippen LogP) is 3.96. The van der Waals surface area contributed by atoms with Crippen molar-refractivity contribution in [2.75, 3.05) is 4.90 Å². The van der Waals surface area contributed by atoms with E-state index in [1.807, 2.05) is 24.3 Å². The Morgan fingerprint density at radius 3 is 1.82 bits per heavy atom. The molecule has 0 amide bonds. The number of hydrogen-bond acceptors (Lipinski definition) is 2. The maximum Gasteiger partial charge on any atom is 0.101 e. The molecule has 17 heavy (non-hydrogen) atoms. The van der Waals surface area contributed by atoms with Gasteiger partial charge in [0.2, 0.25) is 0 Å². The van der Waals surface area contributed by atoms with Crippen LogP contribution in [0.15, 0.2) is 24.3 Å². The molecule has 0 aliphatic carbocycles. The van der Waals surface area contributed by atoms with Crippen LogP contribution in [0, 0.1) is 11.3 Å². The normalized spacial score (nSPS) is 12.1. The zero-order valence-corrected chi connectivity index (χ0v) is 11.7. The van der Waals surface area contributed by atoms with Gasteiger partial charge in [-0.05, 0) is 53.7 Å². The molecule has 0 N–H and O–H groups in total. The third-order valence-electron chi connectivity index (χ3n) is 2.61. The quantitative estimate of drug-likeness (QED) is 0.730. The van der Waals surface area contributed by atoms with Crippen LogP contribution in [0.25, 0.3) is 0 Å². The Labute approximate surface area is 105 Å². The Kier molecular flexibility index (Phi) is 3.52. The van der Waals surface area contributed by atoms with Gasteiger partial charge in [-0.1, -0.05) is 12.1 Å². The highest BCUT2D eigenvalue weighted by molar-refractivity contribution is 5.61. The second kappa shape index (κ2) is 4.41. The van der Waals surface area contributed by atoms with E-state index in [1.165, 1.54) is 0 Å². The van der Waals surface area contributed by atoms with Gasteiger partial charge in [0.15, 0.2) is 0 Å². The van der Waals surface area contributed by atoms with Gasteiger partial charge in [0, 0.05) is 11.1 Å². The summed E-state index contributed by atoms with van der Waals surface area (Å²) in [6.07, 6.45) is 0. The van der Waals surface area contributed by atoms with Crippen molar-refractivity contribution in [3.05, 3.63) is 29.8 Å². The minimum Gasteiger partial charge on any atom is -0.361 e. The molecule has 0 radical (unpaired) electrons. The molecule has 0 spiro atoms. The molecule has 1 aromatic rings. The summed E-state index contributed by atoms with van der Waals surface area (Å²) in [5, 5.41) is 9.22. The summed E-state index contributed by atoms with van der Waals surface area (Å²) >= 11 is 0. The van der Waals surface area contributed by atoms with Crippen molar-refractivity contribution in [1.82, 2.24) is 0 Å². The largest absolute Gasteiger partial charge is 0.361 e. The third kappa shape index (κ3) is 3.00. The van der Waals surface area contributed by atoms with Gasteiger partial charge in [-0.3, -0.25) is 0 Å². The van der Waals surface area contributed by atoms with Crippen molar-refractivity contribution in [3.63, 3.8) is 0 Å². The fourth-order valence-electron chi connectivity index (χ4n) is 2.49. The predicted molar refractivity (Wildman–Crippen MR) is 73.1 cm³/mol. The van der Waals surface area contributed by atoms with E-state index < -0.39 is 0 Å². The lowest BCUT2D eigenvalue weighted by atomic mass is 9.93. The first kappa shape index (κ1) is 13.6. The molecular formula is C15H22N2. The van der Waals surface area contributed by atoms with Crippen LogP contribution in [0.5, 0.6) is 0 Å². The molecule has 0 saturated heterocycles. The first-order valence-corrected chi connectivity index (χ1v) is 5.97. The molecule has 92 valence electrons. The molecule has 0 unspecified atom stereocenters. The van der Waals surface area contributed by atoms with Gasteiger partial charge in [-0.15, -0.1) is 0 Å². The summed E-state index contributed by atoms with van der Waals surface area (Å²) in [7, 11) is 0. The van der Waals surface area contributed by atoms with Crippen LogP contribution < -0.4 is 4.90 Å². The van der Waals surface area contributed by atoms with Gasteiger partial charge >= 0.3 is 0 Å². The van der Waals surface area contributed by atoms with Crippen LogP contribution in [0.4, 0.5) is 5.69 Å². The van der Waals surface area contributed by atoms with Crippen LogP contribution in [0.2, 0.25) is 0 Å². The maximum atomic E-state index is 9.22. The zero-order chi connectivity index (χ0) is 13.3. The Morgan fingerprint density at radius 2 is 1.41 bits per heavy atom. The molecule has 0 aromatic heterocycles. The topological polar surface area (TPSA) is 27.0 Å². The molecule has 0 fully saturated rings. The number of anilines is 1. The van der Waals surface area contributed by atoms with E-state index in [1.54, 1.807) is 0 Å². The van der Waals surface area contributed by atoms with E-state index in [9.17, 15) is 5.26 Å². The number of rotatable bonds is 1. The number of benzene rings is 1. The van der Waals surface area contributed by atoms with Crippen LogP contribution in [-0.2, 0) is 0 Å². The standard InChI is InChI=1S/C15H22N2/c1-14(2,3)17(15(4,5)6)13-10-8-7-9-12(13)11-16/h7-10H,1-6H3. The number of nitrogens with zero attached hydrogens (tertiary/aromatic N) is 2. The smallest absolute Gasteiger partial charge is 0.101 e. The lowest BCUT2D eigenvalue weighted by molar-refractivity contribution is 0.380. The number of para-hydroxylation sites is 1. The highest BCUT2D eigenvalue weighted by Gasteiger charge is 2.32. The highest BCUT2D eigenvalue weighted by Crippen LogP contribution is 2.33. The average Bonchev–Trinajstić information content (AvgIpc) is 2.14. The molecule has 1 aromatic carbocycles. The van der Waals surface area contributed by atoms with E-state index in [2.05, 4.69) is 52.5 Å². The highest BCUT2D eigenvalue weighted by atomic mass is 15.2. The SMILES string of the molecule is CC(C)(C)N(c1ccccc1C#N)C(C)(C)C. The van der Waals surface area contributed by atoms with Crippen LogP contribution in [0.1, 0.15) is 47.1 Å². The monoisotopic (exact) mass is 230 g/mol. The van der Waals surface area contributed by atoms with E-state index in [0.29, 0.717) is 0 Å². The molecule has 2 nitrogen and oxygen atoms in total. The maximum absolute atomic E-state index is 9.22. The summed E-state index contributed by atoms with van der Waals surface area (Å²) < 4.78 is 0. The summed E-state index contributed by atoms with van der Waals surface area (Å²) in [6.45, 7) is 13.0. The van der Waals surface area contributed by atoms with E-state index >= 15 is 0 Å². The third-order valence-corrected chi connectivity index (χ3v) is 2.61. The van der Waals surface area contributed by atoms with Crippen molar-refractivity contribution in [3.8, 4) is 6.07 Å². The van der Waals surface area contributed by atoms with Crippen molar-refractivity contribution in [1.29, 1.82) is 5.26 Å². The Bertz CT molecular complexity index is 413. The van der Waals surface area contributed by atoms with Crippen LogP contribution in [-0.4, -0.2) is 11.1 Å². The van der Waals surface area contributed by atoms with Crippen LogP contribution in [0.3, 0.4) is 0 Å². The Balaban J connectivity index is 3.40. The summed E-state index contributed by atoms with van der Waals surface area (Å²) in [5.74, 6) is 0. The van der Waals surface area contributed by atoms with E-state index in [0.717, 1.165) is 11.3 Å². The molecular weight excluding hydrogens is 208 g/mol. The lowest BCUT2D eigenvalue weighted by Crippen LogP contribution is -2.53. The molecule has 0 atom stereocenters. The fourth-order valence-corrected chi connectivity index (χ4v) is 2.49. The summed E-state index contributed by atoms with van der Waals surface area (Å²) in [6, 6.07) is 10.1. The molecule has 1 rings (SSSR count). The number of hydrogen-bond donors (Lipinski definition) is 0. The van der Waals surface area contributed by atoms with Gasteiger partial charge in [0.25, 0.3) is 0 Å². The second-order valence-corrected chi connectivity index (χ2v) is 6.31. The molecule has 0 aliphatic heterocycles. The minimum absolute atomic E-state index is 0.0226. The van der Waals surface area contributed by atoms with Gasteiger partial charge in [-0.2, -0.15) is 5.26 Å². The summed E-state index contributed by atoms with van der Waals surface area (Å²) in [4.78, 5) is 2.30. The van der Waals surface area contributed by atoms with Gasteiger partial charge in [0.1, 0.15) is 6.07 Å². The second-order valence-electron chi connectivity index (χ2n) is 6.31. The first-order chi connectivity index (χ1) is 7.68. The van der Waals surface area contributed by atoms with Gasteiger partial charge < -0.3 is 4.90 Å². The Hall–Kier alpha value is -1.49. The van der Waals surface area contributed by atoms with Gasteiger partial charge in [-0.25, -0.2) is 0 Å². The molecule has 2 heteroatoms. The zero-order valence-electron chi connectivity index (χ0n) is 11.7. The lowest BCUT2D eigenvalue weighted by Gasteiger charge is -2.47. The first-order valence-electron chi connectivity index (χ1n) is 5.97. The van der Waals surface area contributed by atoms with Crippen molar-refractivity contribution in [2.45, 2.75) is 52.6 Å². The fraction of sp³-hybridized carbons (Fsp3) is 0.533. The molecule has 0 aliphatic rings. The average molecular weight is 230 g/mol. The van der Waals surface area contributed by atoms with Crippen LogP contribution >= 0.6 is 0 Å². The van der Waals surface area contributed by atoms with E-state index in [4.69, 9.17) is 0 Å². The molecule has 0 saturated carbocycles. The number of nitriles is 1. The van der Waals surface area contributed by atoms with Gasteiger partial charge in [0.05, 0.1) is 11.3 Å². The Morgan fingerprint density at radius 1 is 0.941 bits per heavy atom. The molecule has 0 bridgehead atoms. The summed E-state index contributed by atoms with van der Waals surface area (Å²) in [5.41, 5.74) is 1.70. The van der Waals surface area contributed by atoms with Crippen molar-refractivity contribution >= 4 is 5.69 Å². The van der Waals surface area contributed by atoms with Crippen molar-refractivity contribution in [2.24, 2.45) is 0 Å². The minimum atomic E-state index is -0.0226. The van der Waals surface area contributed by atoms with Crippen molar-refractivity contribution < 1.29 is 0 Å². The van der Waals surface area contributed by atoms with E-state index in [-0.39, 0.29) is 11.1 Å².